The van der Waals surface area contributed by atoms with Gasteiger partial charge in [0.15, 0.2) is 0 Å². The van der Waals surface area contributed by atoms with Gasteiger partial charge in [-0.25, -0.2) is 4.79 Å². The van der Waals surface area contributed by atoms with E-state index in [2.05, 4.69) is 4.98 Å². The van der Waals surface area contributed by atoms with Gasteiger partial charge in [0.2, 0.25) is 0 Å². The molecule has 0 saturated heterocycles. The summed E-state index contributed by atoms with van der Waals surface area (Å²) in [4.78, 5) is 26.0. The summed E-state index contributed by atoms with van der Waals surface area (Å²) in [6.45, 7) is 3.83. The number of thiophene rings is 1. The van der Waals surface area contributed by atoms with Crippen LogP contribution < -0.4 is 11.2 Å². The van der Waals surface area contributed by atoms with Crippen molar-refractivity contribution in [2.75, 3.05) is 0 Å². The Morgan fingerprint density at radius 3 is 2.65 bits per heavy atom. The smallest absolute Gasteiger partial charge is 0.297 e. The molecule has 0 atom stereocenters. The first-order valence-corrected chi connectivity index (χ1v) is 6.33. The highest BCUT2D eigenvalue weighted by atomic mass is 35.5. The zero-order valence-electron chi connectivity index (χ0n) is 9.41. The lowest BCUT2D eigenvalue weighted by molar-refractivity contribution is 0.691. The summed E-state index contributed by atoms with van der Waals surface area (Å²) < 4.78 is 1.16. The van der Waals surface area contributed by atoms with Crippen molar-refractivity contribution in [3.8, 4) is 0 Å². The van der Waals surface area contributed by atoms with E-state index in [0.29, 0.717) is 5.56 Å². The van der Waals surface area contributed by atoms with Gasteiger partial charge in [-0.3, -0.25) is 14.3 Å². The minimum absolute atomic E-state index is 0.110. The summed E-state index contributed by atoms with van der Waals surface area (Å²) in [5.41, 5.74) is 1.60. The van der Waals surface area contributed by atoms with Gasteiger partial charge in [0.1, 0.15) is 5.15 Å². The van der Waals surface area contributed by atoms with Crippen molar-refractivity contribution >= 4 is 22.9 Å². The molecule has 0 spiro atoms. The maximum Gasteiger partial charge on any atom is 0.329 e. The lowest BCUT2D eigenvalue weighted by Gasteiger charge is -2.06. The third kappa shape index (κ3) is 2.21. The molecule has 0 fully saturated rings. The lowest BCUT2D eigenvalue weighted by Crippen LogP contribution is -2.36. The maximum atomic E-state index is 11.9. The quantitative estimate of drug-likeness (QED) is 0.848. The number of nitrogens with one attached hydrogen (secondary N) is 1. The Morgan fingerprint density at radius 1 is 1.35 bits per heavy atom. The lowest BCUT2D eigenvalue weighted by atomic mass is 10.2. The summed E-state index contributed by atoms with van der Waals surface area (Å²) in [6.07, 6.45) is 0. The highest BCUT2D eigenvalue weighted by molar-refractivity contribution is 7.08. The van der Waals surface area contributed by atoms with Crippen LogP contribution in [0, 0.1) is 13.8 Å². The number of hydrogen-bond acceptors (Lipinski definition) is 3. The van der Waals surface area contributed by atoms with Crippen molar-refractivity contribution in [3.05, 3.63) is 53.4 Å². The van der Waals surface area contributed by atoms with Crippen LogP contribution in [0.3, 0.4) is 0 Å². The van der Waals surface area contributed by atoms with E-state index >= 15 is 0 Å². The van der Waals surface area contributed by atoms with Crippen LogP contribution in [0.25, 0.3) is 0 Å². The molecule has 90 valence electrons. The zero-order chi connectivity index (χ0) is 12.6. The first-order valence-electron chi connectivity index (χ1n) is 5.01. The monoisotopic (exact) mass is 270 g/mol. The molecule has 2 aromatic heterocycles. The molecule has 0 unspecified atom stereocenters. The predicted molar refractivity (Wildman–Crippen MR) is 69.2 cm³/mol. The number of halogens is 1. The molecule has 2 rings (SSSR count). The number of aromatic amines is 1. The van der Waals surface area contributed by atoms with Crippen LogP contribution in [0.1, 0.15) is 16.7 Å². The average Bonchev–Trinajstić information content (AvgIpc) is 2.67. The van der Waals surface area contributed by atoms with Gasteiger partial charge in [0, 0.05) is 5.56 Å². The number of nitrogens with zero attached hydrogens (tertiary/aromatic N) is 1. The molecule has 0 aromatic carbocycles. The van der Waals surface area contributed by atoms with Gasteiger partial charge in [-0.1, -0.05) is 11.6 Å². The molecule has 2 heterocycles. The summed E-state index contributed by atoms with van der Waals surface area (Å²) in [5, 5.41) is 4.03. The van der Waals surface area contributed by atoms with Gasteiger partial charge in [-0.05, 0) is 35.7 Å². The van der Waals surface area contributed by atoms with E-state index in [9.17, 15) is 9.59 Å². The van der Waals surface area contributed by atoms with Gasteiger partial charge in [-0.15, -0.1) is 0 Å². The Balaban J connectivity index is 2.55. The molecular formula is C11H11ClN2O2S. The van der Waals surface area contributed by atoms with Gasteiger partial charge >= 0.3 is 5.69 Å². The van der Waals surface area contributed by atoms with Gasteiger partial charge < -0.3 is 0 Å². The molecule has 0 aliphatic heterocycles. The van der Waals surface area contributed by atoms with Crippen molar-refractivity contribution in [2.45, 2.75) is 20.4 Å². The number of rotatable bonds is 2. The predicted octanol–water partition coefficient (Wildman–Crippen LogP) is 1.92. The summed E-state index contributed by atoms with van der Waals surface area (Å²) >= 11 is 7.29. The molecule has 6 heteroatoms. The normalized spacial score (nSPS) is 10.8. The fraction of sp³-hybridized carbons (Fsp3) is 0.273. The van der Waals surface area contributed by atoms with Crippen LogP contribution in [0.4, 0.5) is 0 Å². The number of aromatic nitrogens is 2. The van der Waals surface area contributed by atoms with E-state index in [4.69, 9.17) is 11.6 Å². The third-order valence-corrected chi connectivity index (χ3v) is 3.94. The molecule has 2 aromatic rings. The van der Waals surface area contributed by atoms with Crippen LogP contribution in [0.15, 0.2) is 20.3 Å². The summed E-state index contributed by atoms with van der Waals surface area (Å²) in [5.74, 6) is 0. The highest BCUT2D eigenvalue weighted by Gasteiger charge is 2.10. The molecule has 4 nitrogen and oxygen atoms in total. The molecule has 0 bridgehead atoms. The fourth-order valence-electron chi connectivity index (χ4n) is 1.51. The van der Waals surface area contributed by atoms with Crippen LogP contribution in [0.5, 0.6) is 0 Å². The fourth-order valence-corrected chi connectivity index (χ4v) is 2.52. The second kappa shape index (κ2) is 4.50. The van der Waals surface area contributed by atoms with Crippen molar-refractivity contribution in [2.24, 2.45) is 0 Å². The minimum atomic E-state index is -0.476. The highest BCUT2D eigenvalue weighted by Crippen LogP contribution is 2.14. The van der Waals surface area contributed by atoms with Crippen molar-refractivity contribution < 1.29 is 0 Å². The van der Waals surface area contributed by atoms with E-state index < -0.39 is 5.69 Å². The van der Waals surface area contributed by atoms with E-state index in [0.717, 1.165) is 15.7 Å². The molecule has 0 radical (unpaired) electrons. The van der Waals surface area contributed by atoms with E-state index in [1.54, 1.807) is 18.3 Å². The summed E-state index contributed by atoms with van der Waals surface area (Å²) in [6, 6.07) is 0. The van der Waals surface area contributed by atoms with Gasteiger partial charge in [0.25, 0.3) is 5.56 Å². The molecular weight excluding hydrogens is 260 g/mol. The molecule has 0 amide bonds. The van der Waals surface area contributed by atoms with Crippen molar-refractivity contribution in [1.82, 2.24) is 9.55 Å². The van der Waals surface area contributed by atoms with E-state index in [-0.39, 0.29) is 17.3 Å². The standard InChI is InChI=1S/C11H11ClN2O2S/c1-6-4-17-5-8(6)3-14-10(15)7(2)9(12)13-11(14)16/h4-5H,3H2,1-2H3,(H,13,16). The maximum absolute atomic E-state index is 11.9. The van der Waals surface area contributed by atoms with Crippen LogP contribution in [-0.2, 0) is 6.54 Å². The van der Waals surface area contributed by atoms with E-state index in [1.807, 2.05) is 17.7 Å². The van der Waals surface area contributed by atoms with Crippen LogP contribution in [-0.4, -0.2) is 9.55 Å². The Morgan fingerprint density at radius 2 is 2.06 bits per heavy atom. The van der Waals surface area contributed by atoms with Crippen molar-refractivity contribution in [1.29, 1.82) is 0 Å². The topological polar surface area (TPSA) is 54.9 Å². The third-order valence-electron chi connectivity index (χ3n) is 2.65. The second-order valence-corrected chi connectivity index (χ2v) is 4.96. The average molecular weight is 271 g/mol. The van der Waals surface area contributed by atoms with Gasteiger partial charge in [0.05, 0.1) is 6.54 Å². The van der Waals surface area contributed by atoms with Crippen LogP contribution >= 0.6 is 22.9 Å². The summed E-state index contributed by atoms with van der Waals surface area (Å²) in [7, 11) is 0. The van der Waals surface area contributed by atoms with Gasteiger partial charge in [-0.2, -0.15) is 11.3 Å². The number of hydrogen-bond donors (Lipinski definition) is 1. The first kappa shape index (κ1) is 12.1. The molecule has 17 heavy (non-hydrogen) atoms. The Bertz CT molecular complexity index is 669. The Kier molecular flexibility index (Phi) is 3.22. The first-order chi connectivity index (χ1) is 8.00. The Hall–Kier alpha value is -1.33. The SMILES string of the molecule is Cc1cscc1Cn1c(=O)[nH]c(Cl)c(C)c1=O. The Labute approximate surface area is 106 Å². The molecule has 1 N–H and O–H groups in total. The number of aryl methyl sites for hydroxylation is 1. The second-order valence-electron chi connectivity index (χ2n) is 3.84. The van der Waals surface area contributed by atoms with E-state index in [1.165, 1.54) is 0 Å². The van der Waals surface area contributed by atoms with Crippen molar-refractivity contribution in [3.63, 3.8) is 0 Å². The zero-order valence-corrected chi connectivity index (χ0v) is 11.0. The molecule has 0 saturated carbocycles. The molecule has 0 aliphatic carbocycles. The largest absolute Gasteiger partial charge is 0.329 e. The minimum Gasteiger partial charge on any atom is -0.297 e. The number of H-pyrrole nitrogens is 1. The van der Waals surface area contributed by atoms with Crippen LogP contribution in [0.2, 0.25) is 5.15 Å². The molecule has 0 aliphatic rings.